The van der Waals surface area contributed by atoms with Crippen molar-refractivity contribution in [2.75, 3.05) is 26.3 Å². The molecule has 21 heavy (non-hydrogen) atoms. The van der Waals surface area contributed by atoms with Gasteiger partial charge in [-0.3, -0.25) is 4.90 Å². The fourth-order valence-electron chi connectivity index (χ4n) is 2.42. The lowest BCUT2D eigenvalue weighted by atomic mass is 9.85. The molecule has 0 spiro atoms. The first-order chi connectivity index (χ1) is 9.90. The van der Waals surface area contributed by atoms with Crippen molar-refractivity contribution in [3.8, 4) is 5.75 Å². The number of para-hydroxylation sites is 1. The van der Waals surface area contributed by atoms with Crippen molar-refractivity contribution in [2.24, 2.45) is 0 Å². The van der Waals surface area contributed by atoms with E-state index in [9.17, 15) is 5.11 Å². The van der Waals surface area contributed by atoms with Crippen LogP contribution in [0.25, 0.3) is 0 Å². The molecule has 0 bridgehead atoms. The Morgan fingerprint density at radius 3 is 2.05 bits per heavy atom. The molecule has 0 radical (unpaired) electrons. The normalized spacial score (nSPS) is 12.1. The van der Waals surface area contributed by atoms with Crippen molar-refractivity contribution >= 4 is 0 Å². The molecule has 4 heteroatoms. The Kier molecular flexibility index (Phi) is 7.15. The molecule has 0 aliphatic carbocycles. The molecule has 0 unspecified atom stereocenters. The van der Waals surface area contributed by atoms with Gasteiger partial charge >= 0.3 is 0 Å². The molecule has 0 saturated carbocycles. The van der Waals surface area contributed by atoms with Gasteiger partial charge in [-0.15, -0.1) is 0 Å². The van der Waals surface area contributed by atoms with E-state index in [1.54, 1.807) is 0 Å². The van der Waals surface area contributed by atoms with Crippen LogP contribution < -0.4 is 0 Å². The predicted octanol–water partition coefficient (Wildman–Crippen LogP) is 2.26. The van der Waals surface area contributed by atoms with Crippen LogP contribution in [-0.2, 0) is 12.0 Å². The van der Waals surface area contributed by atoms with E-state index in [-0.39, 0.29) is 18.6 Å². The molecule has 0 aromatic heterocycles. The van der Waals surface area contributed by atoms with Gasteiger partial charge in [0.1, 0.15) is 5.75 Å². The second-order valence-corrected chi connectivity index (χ2v) is 6.49. The van der Waals surface area contributed by atoms with E-state index in [4.69, 9.17) is 10.2 Å². The van der Waals surface area contributed by atoms with Gasteiger partial charge < -0.3 is 15.3 Å². The first-order valence-electron chi connectivity index (χ1n) is 7.65. The minimum Gasteiger partial charge on any atom is -0.507 e. The molecule has 1 rings (SSSR count). The first kappa shape index (κ1) is 18.0. The maximum Gasteiger partial charge on any atom is 0.123 e. The minimum absolute atomic E-state index is 0.0961. The van der Waals surface area contributed by atoms with Gasteiger partial charge in [0.15, 0.2) is 0 Å². The van der Waals surface area contributed by atoms with Gasteiger partial charge in [0.25, 0.3) is 0 Å². The van der Waals surface area contributed by atoms with E-state index < -0.39 is 0 Å². The zero-order valence-electron chi connectivity index (χ0n) is 13.5. The number of phenolic OH excluding ortho intramolecular Hbond substituents is 1. The molecule has 0 aliphatic rings. The quantitative estimate of drug-likeness (QED) is 0.688. The van der Waals surface area contributed by atoms with Crippen LogP contribution in [0.15, 0.2) is 18.2 Å². The van der Waals surface area contributed by atoms with Crippen LogP contribution in [0.5, 0.6) is 5.75 Å². The number of nitrogens with zero attached hydrogens (tertiary/aromatic N) is 1. The van der Waals surface area contributed by atoms with Gasteiger partial charge in [-0.1, -0.05) is 39.0 Å². The largest absolute Gasteiger partial charge is 0.507 e. The van der Waals surface area contributed by atoms with Crippen LogP contribution in [0.4, 0.5) is 0 Å². The van der Waals surface area contributed by atoms with Crippen molar-refractivity contribution in [3.05, 3.63) is 29.3 Å². The smallest absolute Gasteiger partial charge is 0.123 e. The van der Waals surface area contributed by atoms with Gasteiger partial charge in [-0.2, -0.15) is 0 Å². The Balaban J connectivity index is 2.87. The third kappa shape index (κ3) is 5.65. The topological polar surface area (TPSA) is 63.9 Å². The van der Waals surface area contributed by atoms with E-state index in [1.807, 2.05) is 18.2 Å². The molecule has 0 atom stereocenters. The molecule has 4 nitrogen and oxygen atoms in total. The Bertz CT molecular complexity index is 419. The molecular weight excluding hydrogens is 266 g/mol. The maximum absolute atomic E-state index is 10.5. The van der Waals surface area contributed by atoms with Crippen molar-refractivity contribution in [2.45, 2.75) is 45.6 Å². The van der Waals surface area contributed by atoms with E-state index in [2.05, 4.69) is 25.7 Å². The molecular formula is C17H29NO3. The summed E-state index contributed by atoms with van der Waals surface area (Å²) in [7, 11) is 0. The number of benzene rings is 1. The van der Waals surface area contributed by atoms with Crippen molar-refractivity contribution in [1.29, 1.82) is 0 Å². The van der Waals surface area contributed by atoms with Crippen LogP contribution in [0, 0.1) is 0 Å². The predicted molar refractivity (Wildman–Crippen MR) is 85.5 cm³/mol. The third-order valence-corrected chi connectivity index (χ3v) is 3.59. The van der Waals surface area contributed by atoms with Crippen molar-refractivity contribution in [3.63, 3.8) is 0 Å². The lowest BCUT2D eigenvalue weighted by Gasteiger charge is -2.25. The highest BCUT2D eigenvalue weighted by Crippen LogP contribution is 2.33. The van der Waals surface area contributed by atoms with Gasteiger partial charge in [0.2, 0.25) is 0 Å². The Labute approximate surface area is 128 Å². The second kappa shape index (κ2) is 8.37. The summed E-state index contributed by atoms with van der Waals surface area (Å²) in [6.07, 6.45) is 1.40. The number of hydrogen-bond donors (Lipinski definition) is 3. The SMILES string of the molecule is CC(C)(C)c1cccc(CN(CCCO)CCCO)c1O. The summed E-state index contributed by atoms with van der Waals surface area (Å²) >= 11 is 0. The van der Waals surface area contributed by atoms with E-state index in [1.165, 1.54) is 0 Å². The molecule has 1 aromatic rings. The fraction of sp³-hybridized carbons (Fsp3) is 0.647. The van der Waals surface area contributed by atoms with Crippen LogP contribution in [-0.4, -0.2) is 46.5 Å². The van der Waals surface area contributed by atoms with Crippen molar-refractivity contribution < 1.29 is 15.3 Å². The summed E-state index contributed by atoms with van der Waals surface area (Å²) < 4.78 is 0. The number of aliphatic hydroxyl groups is 2. The molecule has 0 amide bonds. The summed E-state index contributed by atoms with van der Waals surface area (Å²) in [5, 5.41) is 28.5. The summed E-state index contributed by atoms with van der Waals surface area (Å²) in [5.41, 5.74) is 1.75. The lowest BCUT2D eigenvalue weighted by molar-refractivity contribution is 0.195. The number of aromatic hydroxyl groups is 1. The molecule has 0 fully saturated rings. The zero-order chi connectivity index (χ0) is 15.9. The average Bonchev–Trinajstić information content (AvgIpc) is 2.42. The van der Waals surface area contributed by atoms with Crippen LogP contribution in [0.2, 0.25) is 0 Å². The molecule has 0 saturated heterocycles. The third-order valence-electron chi connectivity index (χ3n) is 3.59. The number of rotatable bonds is 8. The molecule has 0 aliphatic heterocycles. The summed E-state index contributed by atoms with van der Waals surface area (Å²) in [4.78, 5) is 2.16. The van der Waals surface area contributed by atoms with Gasteiger partial charge in [0, 0.05) is 38.4 Å². The highest BCUT2D eigenvalue weighted by Gasteiger charge is 2.20. The van der Waals surface area contributed by atoms with Gasteiger partial charge in [-0.05, 0) is 23.8 Å². The summed E-state index contributed by atoms with van der Waals surface area (Å²) in [5.74, 6) is 0.364. The summed E-state index contributed by atoms with van der Waals surface area (Å²) in [6.45, 7) is 8.72. The Morgan fingerprint density at radius 2 is 1.57 bits per heavy atom. The maximum atomic E-state index is 10.5. The zero-order valence-corrected chi connectivity index (χ0v) is 13.5. The van der Waals surface area contributed by atoms with E-state index in [0.29, 0.717) is 25.1 Å². The summed E-state index contributed by atoms with van der Waals surface area (Å²) in [6, 6.07) is 5.88. The highest BCUT2D eigenvalue weighted by atomic mass is 16.3. The van der Waals surface area contributed by atoms with Crippen LogP contribution in [0.3, 0.4) is 0 Å². The number of hydrogen-bond acceptors (Lipinski definition) is 4. The fourth-order valence-corrected chi connectivity index (χ4v) is 2.42. The van der Waals surface area contributed by atoms with Crippen LogP contribution >= 0.6 is 0 Å². The standard InChI is InChI=1S/C17H29NO3/c1-17(2,3)15-8-4-7-14(16(15)21)13-18(9-5-11-19)10-6-12-20/h4,7-8,19-21H,5-6,9-13H2,1-3H3. The molecule has 120 valence electrons. The Hall–Kier alpha value is -1.10. The van der Waals surface area contributed by atoms with E-state index in [0.717, 1.165) is 24.2 Å². The van der Waals surface area contributed by atoms with E-state index >= 15 is 0 Å². The van der Waals surface area contributed by atoms with Crippen LogP contribution in [0.1, 0.15) is 44.7 Å². The first-order valence-corrected chi connectivity index (χ1v) is 7.65. The minimum atomic E-state index is -0.0961. The van der Waals surface area contributed by atoms with Gasteiger partial charge in [0.05, 0.1) is 0 Å². The molecule has 3 N–H and O–H groups in total. The Morgan fingerprint density at radius 1 is 1.00 bits per heavy atom. The lowest BCUT2D eigenvalue weighted by Crippen LogP contribution is -2.27. The molecule has 0 heterocycles. The monoisotopic (exact) mass is 295 g/mol. The number of aliphatic hydroxyl groups excluding tert-OH is 2. The second-order valence-electron chi connectivity index (χ2n) is 6.49. The highest BCUT2D eigenvalue weighted by molar-refractivity contribution is 5.43. The number of phenols is 1. The van der Waals surface area contributed by atoms with Gasteiger partial charge in [-0.25, -0.2) is 0 Å². The molecule has 1 aromatic carbocycles. The van der Waals surface area contributed by atoms with Crippen molar-refractivity contribution in [1.82, 2.24) is 4.90 Å². The average molecular weight is 295 g/mol.